The first-order chi connectivity index (χ1) is 11.9. The van der Waals surface area contributed by atoms with Crippen molar-refractivity contribution in [2.75, 3.05) is 5.32 Å². The number of aryl methyl sites for hydroxylation is 1. The molecule has 7 nitrogen and oxygen atoms in total. The maximum atomic E-state index is 12.6. The van der Waals surface area contributed by atoms with Crippen LogP contribution in [0.3, 0.4) is 0 Å². The molecule has 0 radical (unpaired) electrons. The smallest absolute Gasteiger partial charge is 0.262 e. The molecule has 3 rings (SSSR count). The standard InChI is InChI=1S/C16H13BrN4O3S/c1-8-12-15(25-13(8)14(18)23)19-7-21(16(12)24)6-11(22)20-10-4-2-9(17)3-5-10/h2-5,7H,6H2,1H3,(H2,18,23)(H,20,22). The van der Waals surface area contributed by atoms with Gasteiger partial charge in [-0.1, -0.05) is 15.9 Å². The van der Waals surface area contributed by atoms with Crippen LogP contribution in [0.2, 0.25) is 0 Å². The van der Waals surface area contributed by atoms with Crippen LogP contribution in [0.5, 0.6) is 0 Å². The van der Waals surface area contributed by atoms with Crippen molar-refractivity contribution in [1.29, 1.82) is 0 Å². The minimum absolute atomic E-state index is 0.182. The summed E-state index contributed by atoms with van der Waals surface area (Å²) in [6, 6.07) is 7.09. The van der Waals surface area contributed by atoms with Crippen molar-refractivity contribution in [3.05, 3.63) is 55.9 Å². The highest BCUT2D eigenvalue weighted by molar-refractivity contribution is 9.10. The number of carbonyl (C=O) groups excluding carboxylic acids is 2. The summed E-state index contributed by atoms with van der Waals surface area (Å²) in [5.74, 6) is -0.951. The number of aromatic nitrogens is 2. The fourth-order valence-corrected chi connectivity index (χ4v) is 3.65. The third-order valence-electron chi connectivity index (χ3n) is 3.58. The largest absolute Gasteiger partial charge is 0.365 e. The number of nitrogens with zero attached hydrogens (tertiary/aromatic N) is 2. The van der Waals surface area contributed by atoms with Gasteiger partial charge in [0.25, 0.3) is 11.5 Å². The second kappa shape index (κ2) is 6.77. The van der Waals surface area contributed by atoms with Crippen molar-refractivity contribution in [3.63, 3.8) is 0 Å². The molecule has 0 saturated carbocycles. The van der Waals surface area contributed by atoms with Gasteiger partial charge in [-0.15, -0.1) is 11.3 Å². The van der Waals surface area contributed by atoms with Gasteiger partial charge in [-0.2, -0.15) is 0 Å². The van der Waals surface area contributed by atoms with E-state index in [1.165, 1.54) is 10.9 Å². The Bertz CT molecular complexity index is 1040. The topological polar surface area (TPSA) is 107 Å². The lowest BCUT2D eigenvalue weighted by Gasteiger charge is -2.07. The molecular weight excluding hydrogens is 408 g/mol. The monoisotopic (exact) mass is 420 g/mol. The lowest BCUT2D eigenvalue weighted by atomic mass is 10.2. The Balaban J connectivity index is 1.88. The van der Waals surface area contributed by atoms with Gasteiger partial charge in [-0.25, -0.2) is 4.98 Å². The van der Waals surface area contributed by atoms with Crippen LogP contribution in [0.15, 0.2) is 39.9 Å². The summed E-state index contributed by atoms with van der Waals surface area (Å²) in [5.41, 5.74) is 6.05. The van der Waals surface area contributed by atoms with Crippen molar-refractivity contribution in [3.8, 4) is 0 Å². The Hall–Kier alpha value is -2.52. The number of nitrogens with one attached hydrogen (secondary N) is 1. The van der Waals surface area contributed by atoms with E-state index >= 15 is 0 Å². The van der Waals surface area contributed by atoms with E-state index in [0.717, 1.165) is 15.8 Å². The van der Waals surface area contributed by atoms with Crippen LogP contribution in [-0.2, 0) is 11.3 Å². The third-order valence-corrected chi connectivity index (χ3v) is 5.33. The lowest BCUT2D eigenvalue weighted by Crippen LogP contribution is -2.27. The highest BCUT2D eigenvalue weighted by atomic mass is 79.9. The normalized spacial score (nSPS) is 10.8. The Kier molecular flexibility index (Phi) is 4.69. The molecule has 25 heavy (non-hydrogen) atoms. The second-order valence-electron chi connectivity index (χ2n) is 5.33. The van der Waals surface area contributed by atoms with Gasteiger partial charge in [0.1, 0.15) is 11.4 Å². The van der Waals surface area contributed by atoms with Gasteiger partial charge in [-0.3, -0.25) is 19.0 Å². The van der Waals surface area contributed by atoms with Gasteiger partial charge >= 0.3 is 0 Å². The third kappa shape index (κ3) is 3.47. The van der Waals surface area contributed by atoms with E-state index in [1.807, 2.05) is 0 Å². The van der Waals surface area contributed by atoms with Crippen molar-refractivity contribution < 1.29 is 9.59 Å². The van der Waals surface area contributed by atoms with Crippen molar-refractivity contribution in [2.45, 2.75) is 13.5 Å². The number of fused-ring (bicyclic) bond motifs is 1. The first-order valence-corrected chi connectivity index (χ1v) is 8.81. The van der Waals surface area contributed by atoms with Crippen LogP contribution in [0.25, 0.3) is 10.2 Å². The zero-order chi connectivity index (χ0) is 18.1. The van der Waals surface area contributed by atoms with E-state index in [1.54, 1.807) is 31.2 Å². The molecule has 0 aliphatic rings. The Morgan fingerprint density at radius 3 is 2.64 bits per heavy atom. The van der Waals surface area contributed by atoms with E-state index in [4.69, 9.17) is 5.73 Å². The molecule has 2 aromatic heterocycles. The fraction of sp³-hybridized carbons (Fsp3) is 0.125. The highest BCUT2D eigenvalue weighted by Gasteiger charge is 2.18. The predicted octanol–water partition coefficient (Wildman–Crippen LogP) is 2.27. The fourth-order valence-electron chi connectivity index (χ4n) is 2.40. The Morgan fingerprint density at radius 2 is 2.00 bits per heavy atom. The number of rotatable bonds is 4. The molecule has 0 aliphatic heterocycles. The average molecular weight is 421 g/mol. The van der Waals surface area contributed by atoms with Crippen LogP contribution < -0.4 is 16.6 Å². The molecule has 0 aliphatic carbocycles. The number of amides is 2. The molecule has 0 fully saturated rings. The van der Waals surface area contributed by atoms with E-state index in [2.05, 4.69) is 26.2 Å². The molecular formula is C16H13BrN4O3S. The molecule has 0 unspecified atom stereocenters. The zero-order valence-corrected chi connectivity index (χ0v) is 15.5. The summed E-state index contributed by atoms with van der Waals surface area (Å²) in [4.78, 5) is 41.1. The highest BCUT2D eigenvalue weighted by Crippen LogP contribution is 2.26. The molecule has 3 aromatic rings. The molecule has 0 bridgehead atoms. The van der Waals surface area contributed by atoms with Gasteiger partial charge in [-0.05, 0) is 36.8 Å². The summed E-state index contributed by atoms with van der Waals surface area (Å²) in [6.07, 6.45) is 1.30. The summed E-state index contributed by atoms with van der Waals surface area (Å²) in [5, 5.41) is 3.03. The summed E-state index contributed by atoms with van der Waals surface area (Å²) < 4.78 is 2.11. The molecule has 0 atom stereocenters. The lowest BCUT2D eigenvalue weighted by molar-refractivity contribution is -0.116. The Labute approximate surface area is 154 Å². The summed E-state index contributed by atoms with van der Waals surface area (Å²) in [7, 11) is 0. The maximum absolute atomic E-state index is 12.6. The molecule has 3 N–H and O–H groups in total. The minimum atomic E-state index is -0.598. The van der Waals surface area contributed by atoms with Crippen LogP contribution in [0.1, 0.15) is 15.2 Å². The molecule has 1 aromatic carbocycles. The number of benzene rings is 1. The SMILES string of the molecule is Cc1c(C(N)=O)sc2ncn(CC(=O)Nc3ccc(Br)cc3)c(=O)c12. The van der Waals surface area contributed by atoms with E-state index < -0.39 is 5.91 Å². The van der Waals surface area contributed by atoms with Crippen LogP contribution in [0, 0.1) is 6.92 Å². The Morgan fingerprint density at radius 1 is 1.32 bits per heavy atom. The summed E-state index contributed by atoms with van der Waals surface area (Å²) in [6.45, 7) is 1.47. The summed E-state index contributed by atoms with van der Waals surface area (Å²) >= 11 is 4.39. The number of anilines is 1. The van der Waals surface area contributed by atoms with Gasteiger partial charge in [0.15, 0.2) is 0 Å². The number of carbonyl (C=O) groups is 2. The predicted molar refractivity (Wildman–Crippen MR) is 99.9 cm³/mol. The quantitative estimate of drug-likeness (QED) is 0.674. The maximum Gasteiger partial charge on any atom is 0.262 e. The molecule has 128 valence electrons. The molecule has 2 amide bonds. The number of nitrogens with two attached hydrogens (primary N) is 1. The average Bonchev–Trinajstić information content (AvgIpc) is 2.90. The van der Waals surface area contributed by atoms with Crippen molar-refractivity contribution in [2.24, 2.45) is 5.73 Å². The molecule has 2 heterocycles. The van der Waals surface area contributed by atoms with Crippen molar-refractivity contribution >= 4 is 55.0 Å². The number of primary amides is 1. The zero-order valence-electron chi connectivity index (χ0n) is 13.1. The molecule has 0 spiro atoms. The first kappa shape index (κ1) is 17.3. The molecule has 0 saturated heterocycles. The number of thiophene rings is 1. The van der Waals surface area contributed by atoms with E-state index in [0.29, 0.717) is 26.3 Å². The second-order valence-corrected chi connectivity index (χ2v) is 7.25. The van der Waals surface area contributed by atoms with Crippen LogP contribution in [-0.4, -0.2) is 21.4 Å². The minimum Gasteiger partial charge on any atom is -0.365 e. The van der Waals surface area contributed by atoms with E-state index in [-0.39, 0.29) is 18.0 Å². The van der Waals surface area contributed by atoms with E-state index in [9.17, 15) is 14.4 Å². The van der Waals surface area contributed by atoms with Gasteiger partial charge in [0.2, 0.25) is 5.91 Å². The van der Waals surface area contributed by atoms with Crippen LogP contribution >= 0.6 is 27.3 Å². The van der Waals surface area contributed by atoms with Gasteiger partial charge < -0.3 is 11.1 Å². The number of hydrogen-bond acceptors (Lipinski definition) is 5. The van der Waals surface area contributed by atoms with Crippen LogP contribution in [0.4, 0.5) is 5.69 Å². The number of halogens is 1. The van der Waals surface area contributed by atoms with Gasteiger partial charge in [0.05, 0.1) is 16.6 Å². The number of hydrogen-bond donors (Lipinski definition) is 2. The first-order valence-electron chi connectivity index (χ1n) is 7.20. The van der Waals surface area contributed by atoms with Gasteiger partial charge in [0, 0.05) is 10.2 Å². The van der Waals surface area contributed by atoms with Crippen molar-refractivity contribution in [1.82, 2.24) is 9.55 Å². The molecule has 9 heteroatoms.